The van der Waals surface area contributed by atoms with E-state index in [2.05, 4.69) is 10.9 Å². The fourth-order valence-corrected chi connectivity index (χ4v) is 4.57. The number of carbonyl (C=O) groups excluding carboxylic acids is 2. The lowest BCUT2D eigenvalue weighted by atomic mass is 9.89. The van der Waals surface area contributed by atoms with Crippen molar-refractivity contribution < 1.29 is 9.59 Å². The summed E-state index contributed by atoms with van der Waals surface area (Å²) < 4.78 is 0. The Morgan fingerprint density at radius 2 is 1.68 bits per heavy atom. The molecule has 22 heavy (non-hydrogen) atoms. The Labute approximate surface area is 135 Å². The first kappa shape index (κ1) is 15.5. The predicted octanol–water partition coefficient (Wildman–Crippen LogP) is 3.36. The molecule has 3 rings (SSSR count). The molecule has 0 bridgehead atoms. The molecule has 2 amide bonds. The number of thiophene rings is 1. The molecule has 1 heterocycles. The Balaban J connectivity index is 1.54. The highest BCUT2D eigenvalue weighted by atomic mass is 32.1. The zero-order valence-corrected chi connectivity index (χ0v) is 13.8. The third-order valence-electron chi connectivity index (χ3n) is 4.75. The molecule has 0 atom stereocenters. The second-order valence-corrected chi connectivity index (χ2v) is 7.53. The van der Waals surface area contributed by atoms with Gasteiger partial charge in [-0.15, -0.1) is 11.3 Å². The van der Waals surface area contributed by atoms with Crippen LogP contribution < -0.4 is 10.9 Å². The normalized spacial score (nSPS) is 19.1. The van der Waals surface area contributed by atoms with Crippen LogP contribution in [0.25, 0.3) is 0 Å². The molecule has 5 heteroatoms. The highest BCUT2D eigenvalue weighted by Crippen LogP contribution is 2.29. The van der Waals surface area contributed by atoms with E-state index in [1.807, 2.05) is 6.07 Å². The van der Waals surface area contributed by atoms with Crippen LogP contribution in [0.15, 0.2) is 6.07 Å². The van der Waals surface area contributed by atoms with Crippen molar-refractivity contribution in [2.24, 2.45) is 5.92 Å². The standard InChI is InChI=1S/C17H24N2O2S/c20-16(12-7-3-1-4-8-12)18-19-17(21)15-11-13-9-5-2-6-10-14(13)22-15/h11-12H,1-10H2,(H,18,20)(H,19,21). The SMILES string of the molecule is O=C(NNC(=O)C1CCCCC1)c1cc2c(s1)CCCCC2. The van der Waals surface area contributed by atoms with Gasteiger partial charge in [-0.25, -0.2) is 0 Å². The Hall–Kier alpha value is -1.36. The van der Waals surface area contributed by atoms with Gasteiger partial charge in [0.25, 0.3) is 5.91 Å². The molecule has 0 aliphatic heterocycles. The van der Waals surface area contributed by atoms with Gasteiger partial charge in [-0.2, -0.15) is 0 Å². The van der Waals surface area contributed by atoms with E-state index >= 15 is 0 Å². The Morgan fingerprint density at radius 1 is 0.955 bits per heavy atom. The molecule has 4 nitrogen and oxygen atoms in total. The molecule has 1 saturated carbocycles. The maximum atomic E-state index is 12.2. The second-order valence-electron chi connectivity index (χ2n) is 6.40. The lowest BCUT2D eigenvalue weighted by molar-refractivity contribution is -0.126. The molecule has 0 spiro atoms. The molecule has 2 aliphatic rings. The largest absolute Gasteiger partial charge is 0.279 e. The number of amides is 2. The number of hydrogen-bond donors (Lipinski definition) is 2. The van der Waals surface area contributed by atoms with E-state index in [0.29, 0.717) is 0 Å². The third-order valence-corrected chi connectivity index (χ3v) is 5.98. The summed E-state index contributed by atoms with van der Waals surface area (Å²) in [6, 6.07) is 2.01. The Kier molecular flexibility index (Phi) is 5.13. The minimum atomic E-state index is -0.178. The summed E-state index contributed by atoms with van der Waals surface area (Å²) in [5.41, 5.74) is 6.53. The van der Waals surface area contributed by atoms with Crippen molar-refractivity contribution in [3.63, 3.8) is 0 Å². The first-order valence-corrected chi connectivity index (χ1v) is 9.27. The number of nitrogens with one attached hydrogen (secondary N) is 2. The quantitative estimate of drug-likeness (QED) is 0.648. The Morgan fingerprint density at radius 3 is 2.50 bits per heavy atom. The monoisotopic (exact) mass is 320 g/mol. The lowest BCUT2D eigenvalue weighted by Crippen LogP contribution is -2.44. The van der Waals surface area contributed by atoms with Gasteiger partial charge in [-0.05, 0) is 50.2 Å². The summed E-state index contributed by atoms with van der Waals surface area (Å²) in [6.07, 6.45) is 11.2. The number of aryl methyl sites for hydroxylation is 2. The van der Waals surface area contributed by atoms with Gasteiger partial charge in [-0.1, -0.05) is 25.7 Å². The van der Waals surface area contributed by atoms with Crippen LogP contribution in [0.5, 0.6) is 0 Å². The molecule has 1 aromatic heterocycles. The molecule has 0 radical (unpaired) electrons. The fraction of sp³-hybridized carbons (Fsp3) is 0.647. The molecule has 0 aromatic carbocycles. The van der Waals surface area contributed by atoms with Gasteiger partial charge in [0.15, 0.2) is 0 Å². The maximum absolute atomic E-state index is 12.2. The number of fused-ring (bicyclic) bond motifs is 1. The van der Waals surface area contributed by atoms with Gasteiger partial charge in [0.05, 0.1) is 4.88 Å². The predicted molar refractivity (Wildman–Crippen MR) is 87.8 cm³/mol. The van der Waals surface area contributed by atoms with Gasteiger partial charge < -0.3 is 0 Å². The minimum absolute atomic E-state index is 0.0360. The van der Waals surface area contributed by atoms with Crippen molar-refractivity contribution in [3.8, 4) is 0 Å². The van der Waals surface area contributed by atoms with E-state index in [-0.39, 0.29) is 17.7 Å². The van der Waals surface area contributed by atoms with Gasteiger partial charge in [-0.3, -0.25) is 20.4 Å². The summed E-state index contributed by atoms with van der Waals surface area (Å²) in [5, 5.41) is 0. The first-order chi connectivity index (χ1) is 10.7. The van der Waals surface area contributed by atoms with E-state index in [9.17, 15) is 9.59 Å². The van der Waals surface area contributed by atoms with Crippen molar-refractivity contribution in [2.45, 2.75) is 64.2 Å². The van der Waals surface area contributed by atoms with E-state index in [4.69, 9.17) is 0 Å². The van der Waals surface area contributed by atoms with Gasteiger partial charge in [0.1, 0.15) is 0 Å². The number of hydrazine groups is 1. The average molecular weight is 320 g/mol. The molecule has 2 aliphatic carbocycles. The smallest absolute Gasteiger partial charge is 0.273 e. The topological polar surface area (TPSA) is 58.2 Å². The van der Waals surface area contributed by atoms with Crippen LogP contribution in [0.3, 0.4) is 0 Å². The molecule has 0 saturated heterocycles. The molecule has 120 valence electrons. The first-order valence-electron chi connectivity index (χ1n) is 8.46. The third kappa shape index (κ3) is 3.69. The van der Waals surface area contributed by atoms with Crippen molar-refractivity contribution in [3.05, 3.63) is 21.4 Å². The summed E-state index contributed by atoms with van der Waals surface area (Å²) in [6.45, 7) is 0. The van der Waals surface area contributed by atoms with Crippen LogP contribution >= 0.6 is 11.3 Å². The fourth-order valence-electron chi connectivity index (χ4n) is 3.43. The van der Waals surface area contributed by atoms with Crippen LogP contribution in [0.4, 0.5) is 0 Å². The van der Waals surface area contributed by atoms with Gasteiger partial charge >= 0.3 is 0 Å². The van der Waals surface area contributed by atoms with Crippen molar-refractivity contribution in [1.82, 2.24) is 10.9 Å². The van der Waals surface area contributed by atoms with Crippen molar-refractivity contribution in [1.29, 1.82) is 0 Å². The summed E-state index contributed by atoms with van der Waals surface area (Å²) in [4.78, 5) is 26.3. The number of carbonyl (C=O) groups is 2. The van der Waals surface area contributed by atoms with Crippen LogP contribution in [-0.4, -0.2) is 11.8 Å². The van der Waals surface area contributed by atoms with Gasteiger partial charge in [0, 0.05) is 10.8 Å². The minimum Gasteiger partial charge on any atom is -0.273 e. The average Bonchev–Trinajstić information content (AvgIpc) is 2.84. The maximum Gasteiger partial charge on any atom is 0.279 e. The van der Waals surface area contributed by atoms with E-state index in [1.165, 1.54) is 36.1 Å². The van der Waals surface area contributed by atoms with Crippen LogP contribution in [0.2, 0.25) is 0 Å². The van der Waals surface area contributed by atoms with E-state index in [0.717, 1.165) is 43.4 Å². The molecule has 1 fully saturated rings. The van der Waals surface area contributed by atoms with Crippen LogP contribution in [0, 0.1) is 5.92 Å². The number of rotatable bonds is 2. The lowest BCUT2D eigenvalue weighted by Gasteiger charge is -2.20. The number of hydrogen-bond acceptors (Lipinski definition) is 3. The van der Waals surface area contributed by atoms with E-state index in [1.54, 1.807) is 11.3 Å². The van der Waals surface area contributed by atoms with Crippen molar-refractivity contribution in [2.75, 3.05) is 0 Å². The van der Waals surface area contributed by atoms with Gasteiger partial charge in [0.2, 0.25) is 5.91 Å². The van der Waals surface area contributed by atoms with Crippen molar-refractivity contribution >= 4 is 23.2 Å². The zero-order chi connectivity index (χ0) is 15.4. The highest BCUT2D eigenvalue weighted by molar-refractivity contribution is 7.14. The zero-order valence-electron chi connectivity index (χ0n) is 13.0. The van der Waals surface area contributed by atoms with Crippen LogP contribution in [0.1, 0.15) is 71.5 Å². The van der Waals surface area contributed by atoms with E-state index < -0.39 is 0 Å². The molecule has 0 unspecified atom stereocenters. The molecular weight excluding hydrogens is 296 g/mol. The summed E-state index contributed by atoms with van der Waals surface area (Å²) >= 11 is 1.58. The summed E-state index contributed by atoms with van der Waals surface area (Å²) in [5.74, 6) is -0.150. The highest BCUT2D eigenvalue weighted by Gasteiger charge is 2.22. The second kappa shape index (κ2) is 7.27. The molecule has 1 aromatic rings. The molecule has 2 N–H and O–H groups in total. The molecular formula is C17H24N2O2S. The Bertz CT molecular complexity index is 523. The summed E-state index contributed by atoms with van der Waals surface area (Å²) in [7, 11) is 0. The van der Waals surface area contributed by atoms with Crippen LogP contribution in [-0.2, 0) is 17.6 Å².